The van der Waals surface area contributed by atoms with Crippen molar-refractivity contribution in [1.82, 2.24) is 15.0 Å². The Morgan fingerprint density at radius 2 is 2.21 bits per heavy atom. The number of imidazole rings is 1. The molecule has 0 spiro atoms. The zero-order valence-electron chi connectivity index (χ0n) is 15.6. The predicted octanol–water partition coefficient (Wildman–Crippen LogP) is 4.62. The van der Waals surface area contributed by atoms with E-state index in [0.717, 1.165) is 39.0 Å². The highest BCUT2D eigenvalue weighted by molar-refractivity contribution is 7.09. The van der Waals surface area contributed by atoms with Crippen molar-refractivity contribution >= 4 is 28.1 Å². The van der Waals surface area contributed by atoms with Crippen LogP contribution in [-0.2, 0) is 11.6 Å². The van der Waals surface area contributed by atoms with Crippen LogP contribution in [0.4, 0.5) is 18.9 Å². The zero-order chi connectivity index (χ0) is 20.6. The lowest BCUT2D eigenvalue weighted by Crippen LogP contribution is -2.32. The van der Waals surface area contributed by atoms with Crippen molar-refractivity contribution in [1.29, 1.82) is 0 Å². The number of aromatic nitrogens is 3. The lowest BCUT2D eigenvalue weighted by molar-refractivity contribution is -0.140. The molecule has 1 aliphatic rings. The Hall–Kier alpha value is -2.65. The number of benzene rings is 1. The Morgan fingerprint density at radius 3 is 2.86 bits per heavy atom. The van der Waals surface area contributed by atoms with Crippen LogP contribution in [0.2, 0.25) is 0 Å². The topological polar surface area (TPSA) is 79.6 Å². The van der Waals surface area contributed by atoms with Gasteiger partial charge < -0.3 is 16.0 Å². The van der Waals surface area contributed by atoms with Crippen LogP contribution in [0.1, 0.15) is 24.0 Å². The number of hydrogen-bond donors (Lipinski definition) is 3. The largest absolute Gasteiger partial charge is 0.434 e. The molecule has 5 nitrogen and oxygen atoms in total. The van der Waals surface area contributed by atoms with E-state index in [4.69, 9.17) is 5.73 Å². The van der Waals surface area contributed by atoms with E-state index in [2.05, 4.69) is 20.3 Å². The summed E-state index contributed by atoms with van der Waals surface area (Å²) in [6, 6.07) is 5.72. The third kappa shape index (κ3) is 3.92. The summed E-state index contributed by atoms with van der Waals surface area (Å²) in [4.78, 5) is 11.1. The zero-order valence-corrected chi connectivity index (χ0v) is 16.4. The number of allylic oxidation sites excluding steroid dienone is 2. The highest BCUT2D eigenvalue weighted by Crippen LogP contribution is 2.39. The minimum absolute atomic E-state index is 0.113. The molecule has 0 saturated heterocycles. The molecule has 4 rings (SSSR count). The van der Waals surface area contributed by atoms with Crippen LogP contribution in [0.3, 0.4) is 0 Å². The van der Waals surface area contributed by atoms with Crippen molar-refractivity contribution in [2.45, 2.75) is 31.0 Å². The highest BCUT2D eigenvalue weighted by Gasteiger charge is 2.37. The number of rotatable bonds is 5. The highest BCUT2D eigenvalue weighted by atomic mass is 32.1. The van der Waals surface area contributed by atoms with Crippen LogP contribution >= 0.6 is 11.3 Å². The maximum atomic E-state index is 12.9. The molecular weight excluding hydrogens is 399 g/mol. The molecule has 9 heteroatoms. The van der Waals surface area contributed by atoms with Gasteiger partial charge in [0.1, 0.15) is 5.01 Å². The van der Waals surface area contributed by atoms with Gasteiger partial charge in [0.05, 0.1) is 23.4 Å². The fourth-order valence-corrected chi connectivity index (χ4v) is 4.32. The van der Waals surface area contributed by atoms with Crippen molar-refractivity contribution in [2.75, 3.05) is 11.9 Å². The number of halogens is 3. The van der Waals surface area contributed by atoms with Crippen molar-refractivity contribution in [2.24, 2.45) is 5.73 Å². The molecule has 0 amide bonds. The van der Waals surface area contributed by atoms with Gasteiger partial charge in [-0.2, -0.15) is 13.2 Å². The van der Waals surface area contributed by atoms with Crippen molar-refractivity contribution < 1.29 is 13.2 Å². The second-order valence-corrected chi connectivity index (χ2v) is 8.12. The van der Waals surface area contributed by atoms with Gasteiger partial charge >= 0.3 is 6.18 Å². The van der Waals surface area contributed by atoms with E-state index in [9.17, 15) is 13.2 Å². The van der Waals surface area contributed by atoms with Crippen LogP contribution in [0.15, 0.2) is 53.7 Å². The monoisotopic (exact) mass is 419 g/mol. The van der Waals surface area contributed by atoms with Gasteiger partial charge in [0, 0.05) is 23.0 Å². The molecule has 0 radical (unpaired) electrons. The number of nitrogens with two attached hydrogens (primary N) is 1. The van der Waals surface area contributed by atoms with Crippen LogP contribution in [-0.4, -0.2) is 27.5 Å². The Kier molecular flexibility index (Phi) is 4.95. The number of hydrogen-bond acceptors (Lipinski definition) is 5. The SMILES string of the molecule is CC1(c2nc(C(F)(F)F)cs2)C=CC(C(CN)Nc2ccc3nc[nH]c3c2)=CC1. The number of nitrogens with zero attached hydrogens (tertiary/aromatic N) is 2. The first-order valence-electron chi connectivity index (χ1n) is 9.11. The first kappa shape index (κ1) is 19.7. The molecule has 1 aromatic carbocycles. The molecule has 2 aromatic heterocycles. The second kappa shape index (κ2) is 7.31. The molecule has 0 fully saturated rings. The smallest absolute Gasteiger partial charge is 0.377 e. The number of thiazole rings is 1. The first-order valence-corrected chi connectivity index (χ1v) is 9.99. The summed E-state index contributed by atoms with van der Waals surface area (Å²) in [6.07, 6.45) is 3.65. The van der Waals surface area contributed by atoms with Crippen molar-refractivity contribution in [3.63, 3.8) is 0 Å². The number of nitrogens with one attached hydrogen (secondary N) is 2. The van der Waals surface area contributed by atoms with Crippen LogP contribution < -0.4 is 11.1 Å². The molecule has 2 atom stereocenters. The summed E-state index contributed by atoms with van der Waals surface area (Å²) < 4.78 is 38.6. The van der Waals surface area contributed by atoms with E-state index in [0.29, 0.717) is 18.0 Å². The summed E-state index contributed by atoms with van der Waals surface area (Å²) in [5, 5.41) is 4.95. The summed E-state index contributed by atoms with van der Waals surface area (Å²) in [6.45, 7) is 2.27. The fraction of sp³-hybridized carbons (Fsp3) is 0.300. The van der Waals surface area contributed by atoms with Crippen molar-refractivity contribution in [3.05, 3.63) is 64.4 Å². The molecule has 0 aliphatic heterocycles. The maximum Gasteiger partial charge on any atom is 0.434 e. The van der Waals surface area contributed by atoms with Gasteiger partial charge in [-0.15, -0.1) is 11.3 Å². The van der Waals surface area contributed by atoms with Gasteiger partial charge in [0.15, 0.2) is 5.69 Å². The quantitative estimate of drug-likeness (QED) is 0.564. The van der Waals surface area contributed by atoms with E-state index in [1.807, 2.05) is 43.4 Å². The van der Waals surface area contributed by atoms with Crippen LogP contribution in [0, 0.1) is 0 Å². The third-order valence-corrected chi connectivity index (χ3v) is 6.21. The molecule has 2 heterocycles. The van der Waals surface area contributed by atoms with Crippen LogP contribution in [0.25, 0.3) is 11.0 Å². The summed E-state index contributed by atoms with van der Waals surface area (Å²) in [5.41, 5.74) is 8.31. The molecular formula is C20H20F3N5S. The van der Waals surface area contributed by atoms with E-state index in [1.165, 1.54) is 0 Å². The van der Waals surface area contributed by atoms with Gasteiger partial charge in [0.2, 0.25) is 0 Å². The Bertz CT molecular complexity index is 1080. The molecule has 29 heavy (non-hydrogen) atoms. The maximum absolute atomic E-state index is 12.9. The van der Waals surface area contributed by atoms with Gasteiger partial charge in [-0.1, -0.05) is 18.2 Å². The number of H-pyrrole nitrogens is 1. The van der Waals surface area contributed by atoms with Gasteiger partial charge in [-0.05, 0) is 37.1 Å². The molecule has 0 bridgehead atoms. The predicted molar refractivity (Wildman–Crippen MR) is 109 cm³/mol. The Balaban J connectivity index is 1.50. The number of anilines is 1. The van der Waals surface area contributed by atoms with E-state index >= 15 is 0 Å². The minimum atomic E-state index is -4.42. The van der Waals surface area contributed by atoms with E-state index in [1.54, 1.807) is 6.33 Å². The first-order chi connectivity index (χ1) is 13.8. The van der Waals surface area contributed by atoms with E-state index in [-0.39, 0.29) is 6.04 Å². The molecule has 1 aliphatic carbocycles. The number of aromatic amines is 1. The van der Waals surface area contributed by atoms with E-state index < -0.39 is 17.3 Å². The molecule has 2 unspecified atom stereocenters. The fourth-order valence-electron chi connectivity index (χ4n) is 3.33. The average molecular weight is 419 g/mol. The average Bonchev–Trinajstić information content (AvgIpc) is 3.36. The standard InChI is InChI=1S/C20H20F3N5S/c1-19(18-28-17(10-29-18)20(21,22)23)6-4-12(5-7-19)16(9-24)27-13-2-3-14-15(8-13)26-11-25-14/h2-6,8,10-11,16,27H,7,9,24H2,1H3,(H,25,26). The molecule has 0 saturated carbocycles. The van der Waals surface area contributed by atoms with Crippen LogP contribution in [0.5, 0.6) is 0 Å². The molecule has 152 valence electrons. The minimum Gasteiger partial charge on any atom is -0.377 e. The Morgan fingerprint density at radius 1 is 1.38 bits per heavy atom. The summed E-state index contributed by atoms with van der Waals surface area (Å²) >= 11 is 1.04. The van der Waals surface area contributed by atoms with Gasteiger partial charge in [0.25, 0.3) is 0 Å². The Labute approximate surface area is 169 Å². The lowest BCUT2D eigenvalue weighted by atomic mass is 9.81. The summed E-state index contributed by atoms with van der Waals surface area (Å²) in [7, 11) is 0. The number of fused-ring (bicyclic) bond motifs is 1. The summed E-state index contributed by atoms with van der Waals surface area (Å²) in [5.74, 6) is 0. The lowest BCUT2D eigenvalue weighted by Gasteiger charge is -2.29. The molecule has 3 aromatic rings. The third-order valence-electron chi connectivity index (χ3n) is 5.09. The normalized spacial score (nSPS) is 20.7. The molecule has 4 N–H and O–H groups in total. The second-order valence-electron chi connectivity index (χ2n) is 7.26. The van der Waals surface area contributed by atoms with Gasteiger partial charge in [-0.25, -0.2) is 9.97 Å². The number of alkyl halides is 3. The van der Waals surface area contributed by atoms with Gasteiger partial charge in [-0.3, -0.25) is 0 Å². The van der Waals surface area contributed by atoms with Crippen molar-refractivity contribution in [3.8, 4) is 0 Å².